The standard InChI is InChI=1S/C32H36Cl2N6O5/c1-31(2,3)45-29(43)36-24-9-10-39(15-24)27(41)17-38-16-26-28(42)40(25-12-22(33)11-23(34)13-25)30(44)37(4)18-32(26,19-38)21-7-5-20(14-35)6-8-21/h5-8,11-13,24,26H,9-10,15-19H2,1-4H3,(H,36,43)/t24-,26-,32-/m0/s1. The number of amides is 5. The number of likely N-dealkylation sites (N-methyl/N-ethyl adjacent to an activating group) is 1. The second kappa shape index (κ2) is 12.5. The average Bonchev–Trinajstić information content (AvgIpc) is 3.55. The van der Waals surface area contributed by atoms with Crippen LogP contribution < -0.4 is 10.2 Å². The third-order valence-electron chi connectivity index (χ3n) is 8.48. The molecule has 0 bridgehead atoms. The SMILES string of the molecule is CN1C[C@@]2(c3ccc(C#N)cc3)CN(CC(=O)N3CC[C@H](NC(=O)OC(C)(C)C)C3)C[C@H]2C(=O)N(c2cc(Cl)cc(Cl)c2)C1=O. The first-order valence-corrected chi connectivity index (χ1v) is 15.5. The van der Waals surface area contributed by atoms with Crippen LogP contribution in [0.5, 0.6) is 0 Å². The number of nitriles is 1. The molecule has 45 heavy (non-hydrogen) atoms. The molecule has 1 N–H and O–H groups in total. The van der Waals surface area contributed by atoms with Gasteiger partial charge in [0.25, 0.3) is 0 Å². The molecular weight excluding hydrogens is 619 g/mol. The van der Waals surface area contributed by atoms with Crippen LogP contribution in [0.4, 0.5) is 15.3 Å². The monoisotopic (exact) mass is 654 g/mol. The third-order valence-corrected chi connectivity index (χ3v) is 8.92. The number of hydrogen-bond acceptors (Lipinski definition) is 7. The summed E-state index contributed by atoms with van der Waals surface area (Å²) in [5.41, 5.74) is 0.0426. The van der Waals surface area contributed by atoms with Gasteiger partial charge in [-0.05, 0) is 63.1 Å². The molecule has 0 radical (unpaired) electrons. The van der Waals surface area contributed by atoms with Crippen molar-refractivity contribution in [1.29, 1.82) is 5.26 Å². The molecule has 3 saturated heterocycles. The summed E-state index contributed by atoms with van der Waals surface area (Å²) in [7, 11) is 1.64. The van der Waals surface area contributed by atoms with Gasteiger partial charge in [-0.15, -0.1) is 0 Å². The molecule has 0 aliphatic carbocycles. The van der Waals surface area contributed by atoms with Gasteiger partial charge >= 0.3 is 12.1 Å². The molecule has 0 unspecified atom stereocenters. The van der Waals surface area contributed by atoms with Crippen molar-refractivity contribution in [3.8, 4) is 6.07 Å². The highest BCUT2D eigenvalue weighted by Crippen LogP contribution is 2.44. The molecule has 3 atom stereocenters. The van der Waals surface area contributed by atoms with E-state index < -0.39 is 35.0 Å². The van der Waals surface area contributed by atoms with Crippen molar-refractivity contribution in [3.63, 3.8) is 0 Å². The minimum atomic E-state index is -0.862. The number of anilines is 1. The molecule has 2 aromatic rings. The Balaban J connectivity index is 1.40. The van der Waals surface area contributed by atoms with E-state index in [-0.39, 0.29) is 47.3 Å². The maximum atomic E-state index is 14.4. The Hall–Kier alpha value is -3.85. The van der Waals surface area contributed by atoms with Gasteiger partial charge in [-0.1, -0.05) is 35.3 Å². The van der Waals surface area contributed by atoms with Gasteiger partial charge in [0, 0.05) is 55.2 Å². The molecule has 13 heteroatoms. The molecular formula is C32H36Cl2N6O5. The predicted molar refractivity (Wildman–Crippen MR) is 169 cm³/mol. The van der Waals surface area contributed by atoms with E-state index in [1.54, 1.807) is 44.9 Å². The van der Waals surface area contributed by atoms with Crippen LogP contribution in [0, 0.1) is 17.2 Å². The zero-order valence-corrected chi connectivity index (χ0v) is 27.2. The molecule has 11 nitrogen and oxygen atoms in total. The lowest BCUT2D eigenvalue weighted by Gasteiger charge is -2.35. The molecule has 3 fully saturated rings. The van der Waals surface area contributed by atoms with Crippen molar-refractivity contribution >= 4 is 52.8 Å². The Bertz CT molecular complexity index is 1530. The number of ether oxygens (including phenoxy) is 1. The zero-order chi connectivity index (χ0) is 32.7. The molecule has 0 aromatic heterocycles. The zero-order valence-electron chi connectivity index (χ0n) is 25.7. The van der Waals surface area contributed by atoms with Crippen molar-refractivity contribution in [2.75, 3.05) is 51.2 Å². The first kappa shape index (κ1) is 32.5. The Morgan fingerprint density at radius 2 is 1.73 bits per heavy atom. The summed E-state index contributed by atoms with van der Waals surface area (Å²) in [5, 5.41) is 12.8. The summed E-state index contributed by atoms with van der Waals surface area (Å²) in [5.74, 6) is -1.25. The minimum absolute atomic E-state index is 0.0572. The van der Waals surface area contributed by atoms with E-state index in [0.29, 0.717) is 31.6 Å². The maximum absolute atomic E-state index is 14.4. The van der Waals surface area contributed by atoms with Crippen LogP contribution in [0.1, 0.15) is 38.3 Å². The van der Waals surface area contributed by atoms with E-state index in [1.807, 2.05) is 17.0 Å². The lowest BCUT2D eigenvalue weighted by molar-refractivity contribution is -0.131. The van der Waals surface area contributed by atoms with Gasteiger partial charge in [0.15, 0.2) is 0 Å². The Labute approximate surface area is 272 Å². The number of fused-ring (bicyclic) bond motifs is 1. The average molecular weight is 656 g/mol. The van der Waals surface area contributed by atoms with Crippen LogP contribution >= 0.6 is 23.2 Å². The molecule has 3 aliphatic heterocycles. The van der Waals surface area contributed by atoms with E-state index in [0.717, 1.165) is 10.5 Å². The van der Waals surface area contributed by atoms with Crippen LogP contribution in [0.3, 0.4) is 0 Å². The van der Waals surface area contributed by atoms with Gasteiger partial charge in [-0.2, -0.15) is 5.26 Å². The van der Waals surface area contributed by atoms with Gasteiger partial charge in [0.1, 0.15) is 5.60 Å². The largest absolute Gasteiger partial charge is 0.444 e. The summed E-state index contributed by atoms with van der Waals surface area (Å²) < 4.78 is 5.36. The molecule has 5 rings (SSSR count). The number of hydrogen-bond donors (Lipinski definition) is 1. The van der Waals surface area contributed by atoms with Crippen molar-refractivity contribution < 1.29 is 23.9 Å². The van der Waals surface area contributed by atoms with E-state index in [1.165, 1.54) is 23.1 Å². The highest BCUT2D eigenvalue weighted by atomic mass is 35.5. The second-order valence-corrected chi connectivity index (χ2v) is 13.9. The van der Waals surface area contributed by atoms with Gasteiger partial charge in [0.05, 0.1) is 35.8 Å². The van der Waals surface area contributed by atoms with Crippen LogP contribution in [0.15, 0.2) is 42.5 Å². The summed E-state index contributed by atoms with van der Waals surface area (Å²) in [6.45, 7) is 7.03. The number of imide groups is 1. The van der Waals surface area contributed by atoms with E-state index >= 15 is 0 Å². The first-order chi connectivity index (χ1) is 21.2. The number of halogens is 2. The number of carbonyl (C=O) groups excluding carboxylic acids is 4. The van der Waals surface area contributed by atoms with Crippen molar-refractivity contribution in [2.45, 2.75) is 44.2 Å². The topological polar surface area (TPSA) is 126 Å². The fourth-order valence-corrected chi connectivity index (χ4v) is 7.06. The number of nitrogens with one attached hydrogen (secondary N) is 1. The number of carbonyl (C=O) groups is 4. The summed E-state index contributed by atoms with van der Waals surface area (Å²) in [6, 6.07) is 13.0. The lowest BCUT2D eigenvalue weighted by atomic mass is 9.71. The molecule has 3 aliphatic rings. The molecule has 3 heterocycles. The van der Waals surface area contributed by atoms with Crippen LogP contribution in [-0.4, -0.2) is 96.6 Å². The first-order valence-electron chi connectivity index (χ1n) is 14.7. The second-order valence-electron chi connectivity index (χ2n) is 13.0. The minimum Gasteiger partial charge on any atom is -0.444 e. The van der Waals surface area contributed by atoms with Gasteiger partial charge in [0.2, 0.25) is 11.8 Å². The van der Waals surface area contributed by atoms with Crippen molar-refractivity contribution in [1.82, 2.24) is 20.0 Å². The normalized spacial score (nSPS) is 23.9. The predicted octanol–water partition coefficient (Wildman–Crippen LogP) is 4.26. The number of benzene rings is 2. The summed E-state index contributed by atoms with van der Waals surface area (Å²) in [6.07, 6.45) is 0.0827. The lowest BCUT2D eigenvalue weighted by Crippen LogP contribution is -2.46. The highest BCUT2D eigenvalue weighted by molar-refractivity contribution is 6.35. The molecule has 5 amide bonds. The van der Waals surface area contributed by atoms with Crippen molar-refractivity contribution in [3.05, 3.63) is 63.6 Å². The van der Waals surface area contributed by atoms with Crippen LogP contribution in [0.2, 0.25) is 10.0 Å². The fourth-order valence-electron chi connectivity index (χ4n) is 6.55. The Morgan fingerprint density at radius 3 is 2.36 bits per heavy atom. The molecule has 2 aromatic carbocycles. The van der Waals surface area contributed by atoms with Gasteiger partial charge < -0.3 is 19.9 Å². The molecule has 0 saturated carbocycles. The maximum Gasteiger partial charge on any atom is 0.407 e. The summed E-state index contributed by atoms with van der Waals surface area (Å²) in [4.78, 5) is 60.2. The van der Waals surface area contributed by atoms with Gasteiger partial charge in [-0.25, -0.2) is 14.5 Å². The molecule has 0 spiro atoms. The number of nitrogens with zero attached hydrogens (tertiary/aromatic N) is 5. The van der Waals surface area contributed by atoms with E-state index in [4.69, 9.17) is 27.9 Å². The van der Waals surface area contributed by atoms with E-state index in [2.05, 4.69) is 11.4 Å². The smallest absolute Gasteiger partial charge is 0.407 e. The van der Waals surface area contributed by atoms with Crippen LogP contribution in [0.25, 0.3) is 0 Å². The van der Waals surface area contributed by atoms with E-state index in [9.17, 15) is 24.4 Å². The Kier molecular flexibility index (Phi) is 9.04. The molecule has 238 valence electrons. The highest BCUT2D eigenvalue weighted by Gasteiger charge is 2.56. The fraction of sp³-hybridized carbons (Fsp3) is 0.469. The number of likely N-dealkylation sites (tertiary alicyclic amines) is 2. The quantitative estimate of drug-likeness (QED) is 0.511. The number of urea groups is 1. The van der Waals surface area contributed by atoms with Gasteiger partial charge in [-0.3, -0.25) is 14.5 Å². The van der Waals surface area contributed by atoms with Crippen molar-refractivity contribution in [2.24, 2.45) is 5.92 Å². The third kappa shape index (κ3) is 6.88. The van der Waals surface area contributed by atoms with Crippen LogP contribution in [-0.2, 0) is 19.7 Å². The summed E-state index contributed by atoms with van der Waals surface area (Å²) >= 11 is 12.5. The Morgan fingerprint density at radius 1 is 1.07 bits per heavy atom. The number of rotatable bonds is 5. The number of alkyl carbamates (subject to hydrolysis) is 1.